The van der Waals surface area contributed by atoms with Crippen molar-refractivity contribution in [2.75, 3.05) is 18.4 Å². The minimum atomic E-state index is -0.160. The molecule has 0 fully saturated rings. The fourth-order valence-electron chi connectivity index (χ4n) is 2.22. The van der Waals surface area contributed by atoms with Crippen LogP contribution in [0.5, 0.6) is 0 Å². The van der Waals surface area contributed by atoms with Crippen molar-refractivity contribution >= 4 is 5.69 Å². The van der Waals surface area contributed by atoms with Crippen LogP contribution in [0.4, 0.5) is 10.1 Å². The molecule has 1 heterocycles. The molecule has 0 aliphatic carbocycles. The van der Waals surface area contributed by atoms with Crippen LogP contribution >= 0.6 is 0 Å². The van der Waals surface area contributed by atoms with E-state index in [2.05, 4.69) is 24.5 Å². The number of anilines is 1. The first-order chi connectivity index (χ1) is 8.15. The van der Waals surface area contributed by atoms with Crippen LogP contribution in [-0.4, -0.2) is 19.1 Å². The summed E-state index contributed by atoms with van der Waals surface area (Å²) in [6.07, 6.45) is 2.15. The maximum absolute atomic E-state index is 13.1. The Morgan fingerprint density at radius 2 is 2.29 bits per heavy atom. The highest BCUT2D eigenvalue weighted by Gasteiger charge is 2.17. The van der Waals surface area contributed by atoms with Gasteiger partial charge in [0.15, 0.2) is 0 Å². The fraction of sp³-hybridized carbons (Fsp3) is 0.571. The number of benzene rings is 1. The number of halogens is 1. The van der Waals surface area contributed by atoms with Gasteiger partial charge in [-0.15, -0.1) is 0 Å². The summed E-state index contributed by atoms with van der Waals surface area (Å²) in [5.41, 5.74) is 2.19. The topological polar surface area (TPSA) is 24.1 Å². The number of nitrogens with one attached hydrogen (secondary N) is 2. The second kappa shape index (κ2) is 5.50. The molecule has 1 aliphatic rings. The Hall–Kier alpha value is -1.09. The van der Waals surface area contributed by atoms with Gasteiger partial charge in [0, 0.05) is 18.3 Å². The molecule has 1 aromatic rings. The van der Waals surface area contributed by atoms with E-state index in [0.29, 0.717) is 12.0 Å². The molecular formula is C14H21FN2. The zero-order valence-electron chi connectivity index (χ0n) is 10.6. The van der Waals surface area contributed by atoms with Crippen LogP contribution in [0.25, 0.3) is 0 Å². The second-order valence-electron chi connectivity index (χ2n) is 5.23. The van der Waals surface area contributed by atoms with Crippen LogP contribution in [0.3, 0.4) is 0 Å². The lowest BCUT2D eigenvalue weighted by Crippen LogP contribution is -2.37. The molecular weight excluding hydrogens is 215 g/mol. The summed E-state index contributed by atoms with van der Waals surface area (Å²) in [7, 11) is 0. The first kappa shape index (κ1) is 12.4. The maximum Gasteiger partial charge on any atom is 0.125 e. The van der Waals surface area contributed by atoms with Gasteiger partial charge in [0.25, 0.3) is 0 Å². The highest BCUT2D eigenvalue weighted by Crippen LogP contribution is 2.25. The summed E-state index contributed by atoms with van der Waals surface area (Å²) < 4.78 is 13.1. The van der Waals surface area contributed by atoms with Crippen molar-refractivity contribution in [2.45, 2.75) is 32.7 Å². The molecule has 2 rings (SSSR count). The Morgan fingerprint density at radius 3 is 3.06 bits per heavy atom. The van der Waals surface area contributed by atoms with Gasteiger partial charge in [0.1, 0.15) is 5.82 Å². The molecule has 0 amide bonds. The minimum absolute atomic E-state index is 0.160. The molecule has 2 N–H and O–H groups in total. The number of rotatable bonds is 4. The van der Waals surface area contributed by atoms with E-state index in [9.17, 15) is 4.39 Å². The van der Waals surface area contributed by atoms with Crippen molar-refractivity contribution in [1.82, 2.24) is 5.32 Å². The minimum Gasteiger partial charge on any atom is -0.381 e. The summed E-state index contributed by atoms with van der Waals surface area (Å²) in [6, 6.07) is 5.44. The van der Waals surface area contributed by atoms with E-state index in [-0.39, 0.29) is 5.82 Å². The van der Waals surface area contributed by atoms with Gasteiger partial charge in [-0.2, -0.15) is 0 Å². The van der Waals surface area contributed by atoms with E-state index in [0.717, 1.165) is 31.6 Å². The van der Waals surface area contributed by atoms with Crippen LogP contribution in [0.1, 0.15) is 25.8 Å². The van der Waals surface area contributed by atoms with Crippen LogP contribution in [0.2, 0.25) is 0 Å². The summed E-state index contributed by atoms with van der Waals surface area (Å²) in [6.45, 7) is 6.39. The van der Waals surface area contributed by atoms with Crippen LogP contribution in [0, 0.1) is 11.7 Å². The SMILES string of the molecule is CC(C)CNCC1CCc2ccc(F)cc2N1. The molecule has 0 saturated carbocycles. The Labute approximate surface area is 103 Å². The zero-order chi connectivity index (χ0) is 12.3. The van der Waals surface area contributed by atoms with Gasteiger partial charge in [0.05, 0.1) is 0 Å². The lowest BCUT2D eigenvalue weighted by atomic mass is 9.98. The van der Waals surface area contributed by atoms with Crippen molar-refractivity contribution in [3.8, 4) is 0 Å². The van der Waals surface area contributed by atoms with Crippen molar-refractivity contribution in [2.24, 2.45) is 5.92 Å². The molecule has 0 radical (unpaired) electrons. The van der Waals surface area contributed by atoms with E-state index in [1.807, 2.05) is 6.07 Å². The van der Waals surface area contributed by atoms with Crippen molar-refractivity contribution in [3.05, 3.63) is 29.6 Å². The molecule has 2 nitrogen and oxygen atoms in total. The zero-order valence-corrected chi connectivity index (χ0v) is 10.6. The number of fused-ring (bicyclic) bond motifs is 1. The summed E-state index contributed by atoms with van der Waals surface area (Å²) in [5.74, 6) is 0.510. The second-order valence-corrected chi connectivity index (χ2v) is 5.23. The van der Waals surface area contributed by atoms with Gasteiger partial charge in [-0.1, -0.05) is 19.9 Å². The normalized spacial score (nSPS) is 18.9. The van der Waals surface area contributed by atoms with E-state index in [1.54, 1.807) is 6.07 Å². The Morgan fingerprint density at radius 1 is 1.47 bits per heavy atom. The van der Waals surface area contributed by atoms with Crippen LogP contribution < -0.4 is 10.6 Å². The van der Waals surface area contributed by atoms with Gasteiger partial charge in [0.2, 0.25) is 0 Å². The lowest BCUT2D eigenvalue weighted by molar-refractivity contribution is 0.506. The van der Waals surface area contributed by atoms with Gasteiger partial charge >= 0.3 is 0 Å². The average Bonchev–Trinajstić information content (AvgIpc) is 2.28. The van der Waals surface area contributed by atoms with Crippen molar-refractivity contribution in [1.29, 1.82) is 0 Å². The van der Waals surface area contributed by atoms with Gasteiger partial charge in [-0.3, -0.25) is 0 Å². The molecule has 0 saturated heterocycles. The molecule has 0 aromatic heterocycles. The summed E-state index contributed by atoms with van der Waals surface area (Å²) in [4.78, 5) is 0. The van der Waals surface area contributed by atoms with Crippen LogP contribution in [-0.2, 0) is 6.42 Å². The number of hydrogen-bond donors (Lipinski definition) is 2. The van der Waals surface area contributed by atoms with Gasteiger partial charge in [-0.25, -0.2) is 4.39 Å². The predicted molar refractivity (Wildman–Crippen MR) is 69.8 cm³/mol. The molecule has 0 spiro atoms. The van der Waals surface area contributed by atoms with Gasteiger partial charge < -0.3 is 10.6 Å². The standard InChI is InChI=1S/C14H21FN2/c1-10(2)8-16-9-13-6-4-11-3-5-12(15)7-14(11)17-13/h3,5,7,10,13,16-17H,4,6,8-9H2,1-2H3. The largest absolute Gasteiger partial charge is 0.381 e. The fourth-order valence-corrected chi connectivity index (χ4v) is 2.22. The molecule has 1 aliphatic heterocycles. The molecule has 1 unspecified atom stereocenters. The predicted octanol–water partition coefficient (Wildman–Crippen LogP) is 2.80. The lowest BCUT2D eigenvalue weighted by Gasteiger charge is -2.27. The maximum atomic E-state index is 13.1. The highest BCUT2D eigenvalue weighted by molar-refractivity contribution is 5.54. The smallest absolute Gasteiger partial charge is 0.125 e. The first-order valence-corrected chi connectivity index (χ1v) is 6.41. The third-order valence-electron chi connectivity index (χ3n) is 3.14. The number of hydrogen-bond acceptors (Lipinski definition) is 2. The summed E-state index contributed by atoms with van der Waals surface area (Å²) in [5, 5.41) is 6.85. The average molecular weight is 236 g/mol. The van der Waals surface area contributed by atoms with E-state index in [1.165, 1.54) is 11.6 Å². The molecule has 3 heteroatoms. The molecule has 1 atom stereocenters. The highest BCUT2D eigenvalue weighted by atomic mass is 19.1. The Balaban J connectivity index is 1.89. The number of aryl methyl sites for hydroxylation is 1. The van der Waals surface area contributed by atoms with E-state index >= 15 is 0 Å². The quantitative estimate of drug-likeness (QED) is 0.840. The van der Waals surface area contributed by atoms with E-state index < -0.39 is 0 Å². The van der Waals surface area contributed by atoms with E-state index in [4.69, 9.17) is 0 Å². The molecule has 1 aromatic carbocycles. The monoisotopic (exact) mass is 236 g/mol. The van der Waals surface area contributed by atoms with Crippen LogP contribution in [0.15, 0.2) is 18.2 Å². The van der Waals surface area contributed by atoms with Crippen molar-refractivity contribution < 1.29 is 4.39 Å². The van der Waals surface area contributed by atoms with Crippen molar-refractivity contribution in [3.63, 3.8) is 0 Å². The molecule has 0 bridgehead atoms. The third kappa shape index (κ3) is 3.43. The Kier molecular flexibility index (Phi) is 4.00. The molecule has 94 valence electrons. The summed E-state index contributed by atoms with van der Waals surface area (Å²) >= 11 is 0. The Bertz CT molecular complexity index is 376. The first-order valence-electron chi connectivity index (χ1n) is 6.41. The third-order valence-corrected chi connectivity index (χ3v) is 3.14. The van der Waals surface area contributed by atoms with Gasteiger partial charge in [-0.05, 0) is 43.0 Å². The molecule has 17 heavy (non-hydrogen) atoms.